The Morgan fingerprint density at radius 3 is 2.23 bits per heavy atom. The summed E-state index contributed by atoms with van der Waals surface area (Å²) in [4.78, 5) is 41.9. The minimum absolute atomic E-state index is 0.00867. The van der Waals surface area contributed by atoms with Crippen LogP contribution in [0.2, 0.25) is 0 Å². The molecule has 0 radical (unpaired) electrons. The fraction of sp³-hybridized carbons (Fsp3) is 0.290. The lowest BCUT2D eigenvalue weighted by molar-refractivity contribution is -0.134. The van der Waals surface area contributed by atoms with Gasteiger partial charge in [0, 0.05) is 48.7 Å². The van der Waals surface area contributed by atoms with E-state index in [4.69, 9.17) is 0 Å². The number of H-pyrrole nitrogens is 1. The Balaban J connectivity index is 1.17. The standard InChI is InChI=1S/C31H29N5O3/c37-29-23-7-4-8-24-26(23)28(33-34-29)25(19-5-2-1-3-6-19)27(32-24)20-9-11-21(12-10-20)30(38)35-15-17-36(18-16-35)31(39)22-13-14-22/h1-12,22,25,27,32H,13-18H2,(H,34,37). The van der Waals surface area contributed by atoms with Crippen LogP contribution in [0.3, 0.4) is 0 Å². The fourth-order valence-electron chi connectivity index (χ4n) is 6.02. The van der Waals surface area contributed by atoms with Crippen molar-refractivity contribution in [3.8, 4) is 0 Å². The number of nitrogens with one attached hydrogen (secondary N) is 2. The van der Waals surface area contributed by atoms with E-state index >= 15 is 0 Å². The number of anilines is 1. The van der Waals surface area contributed by atoms with E-state index in [1.807, 2.05) is 70.5 Å². The summed E-state index contributed by atoms with van der Waals surface area (Å²) in [6, 6.07) is 23.5. The Hall–Kier alpha value is -4.46. The van der Waals surface area contributed by atoms with Crippen LogP contribution in [-0.2, 0) is 4.79 Å². The molecule has 1 aliphatic carbocycles. The average molecular weight is 520 g/mol. The molecule has 1 aromatic heterocycles. The van der Waals surface area contributed by atoms with E-state index in [1.165, 1.54) is 0 Å². The lowest BCUT2D eigenvalue weighted by Gasteiger charge is -2.35. The van der Waals surface area contributed by atoms with Crippen LogP contribution in [0, 0.1) is 5.92 Å². The Morgan fingerprint density at radius 2 is 1.51 bits per heavy atom. The van der Waals surface area contributed by atoms with Gasteiger partial charge in [-0.05, 0) is 48.2 Å². The monoisotopic (exact) mass is 519 g/mol. The van der Waals surface area contributed by atoms with Crippen LogP contribution in [0.15, 0.2) is 77.6 Å². The zero-order chi connectivity index (χ0) is 26.5. The number of nitrogens with zero attached hydrogens (tertiary/aromatic N) is 3. The second-order valence-corrected chi connectivity index (χ2v) is 10.7. The molecule has 196 valence electrons. The van der Waals surface area contributed by atoms with Crippen LogP contribution in [0.25, 0.3) is 10.8 Å². The Kier molecular flexibility index (Phi) is 5.68. The molecule has 2 fully saturated rings. The summed E-state index contributed by atoms with van der Waals surface area (Å²) in [6.45, 7) is 2.32. The number of hydrogen-bond donors (Lipinski definition) is 2. The van der Waals surface area contributed by atoms with Crippen LogP contribution in [0.4, 0.5) is 5.69 Å². The zero-order valence-electron chi connectivity index (χ0n) is 21.5. The van der Waals surface area contributed by atoms with Crippen molar-refractivity contribution < 1.29 is 9.59 Å². The molecule has 7 rings (SSSR count). The Morgan fingerprint density at radius 1 is 0.795 bits per heavy atom. The van der Waals surface area contributed by atoms with E-state index in [2.05, 4.69) is 27.6 Å². The molecule has 0 bridgehead atoms. The summed E-state index contributed by atoms with van der Waals surface area (Å²) < 4.78 is 0. The van der Waals surface area contributed by atoms with Gasteiger partial charge in [0.1, 0.15) is 0 Å². The molecule has 1 saturated carbocycles. The van der Waals surface area contributed by atoms with Crippen molar-refractivity contribution in [2.75, 3.05) is 31.5 Å². The molecular weight excluding hydrogens is 490 g/mol. The van der Waals surface area contributed by atoms with Gasteiger partial charge in [0.15, 0.2) is 0 Å². The zero-order valence-corrected chi connectivity index (χ0v) is 21.5. The Bertz CT molecular complexity index is 1620. The second kappa shape index (κ2) is 9.38. The van der Waals surface area contributed by atoms with Gasteiger partial charge in [-0.2, -0.15) is 5.10 Å². The number of aromatic nitrogens is 2. The number of amides is 2. The van der Waals surface area contributed by atoms with Crippen molar-refractivity contribution in [1.82, 2.24) is 20.0 Å². The van der Waals surface area contributed by atoms with Gasteiger partial charge in [-0.3, -0.25) is 14.4 Å². The molecule has 4 aromatic rings. The topological polar surface area (TPSA) is 98.4 Å². The highest BCUT2D eigenvalue weighted by Gasteiger charge is 2.36. The van der Waals surface area contributed by atoms with E-state index in [-0.39, 0.29) is 35.3 Å². The number of carbonyl (C=O) groups excluding carboxylic acids is 2. The maximum absolute atomic E-state index is 13.3. The first-order chi connectivity index (χ1) is 19.1. The molecule has 2 aliphatic heterocycles. The van der Waals surface area contributed by atoms with Gasteiger partial charge in [-0.25, -0.2) is 5.10 Å². The van der Waals surface area contributed by atoms with Gasteiger partial charge in [0.2, 0.25) is 5.91 Å². The van der Waals surface area contributed by atoms with Crippen molar-refractivity contribution >= 4 is 28.3 Å². The first kappa shape index (κ1) is 23.6. The molecule has 0 spiro atoms. The van der Waals surface area contributed by atoms with E-state index in [0.717, 1.165) is 40.7 Å². The molecule has 2 N–H and O–H groups in total. The van der Waals surface area contributed by atoms with Crippen molar-refractivity contribution in [3.05, 3.63) is 106 Å². The Labute approximate surface area is 225 Å². The van der Waals surface area contributed by atoms with E-state index in [0.29, 0.717) is 37.1 Å². The van der Waals surface area contributed by atoms with Gasteiger partial charge in [0.25, 0.3) is 11.5 Å². The summed E-state index contributed by atoms with van der Waals surface area (Å²) in [5.74, 6) is 0.308. The lowest BCUT2D eigenvalue weighted by Crippen LogP contribution is -2.51. The maximum atomic E-state index is 13.3. The quantitative estimate of drug-likeness (QED) is 0.426. The number of piperazine rings is 1. The lowest BCUT2D eigenvalue weighted by atomic mass is 9.80. The third-order valence-electron chi connectivity index (χ3n) is 8.26. The van der Waals surface area contributed by atoms with Crippen molar-refractivity contribution in [2.24, 2.45) is 5.92 Å². The van der Waals surface area contributed by atoms with Gasteiger partial charge in [0.05, 0.1) is 23.0 Å². The maximum Gasteiger partial charge on any atom is 0.272 e. The molecular formula is C31H29N5O3. The molecule has 1 saturated heterocycles. The van der Waals surface area contributed by atoms with Gasteiger partial charge in [-0.15, -0.1) is 0 Å². The molecule has 2 atom stereocenters. The number of carbonyl (C=O) groups is 2. The van der Waals surface area contributed by atoms with Crippen LogP contribution in [0.1, 0.15) is 52.0 Å². The molecule has 3 aliphatic rings. The van der Waals surface area contributed by atoms with Crippen molar-refractivity contribution in [3.63, 3.8) is 0 Å². The predicted molar refractivity (Wildman–Crippen MR) is 149 cm³/mol. The average Bonchev–Trinajstić information content (AvgIpc) is 3.84. The predicted octanol–water partition coefficient (Wildman–Crippen LogP) is 3.92. The minimum Gasteiger partial charge on any atom is -0.377 e. The summed E-state index contributed by atoms with van der Waals surface area (Å²) in [5, 5.41) is 12.4. The normalized spacial score (nSPS) is 20.5. The molecule has 2 unspecified atom stereocenters. The summed E-state index contributed by atoms with van der Waals surface area (Å²) >= 11 is 0. The number of benzene rings is 3. The SMILES string of the molecule is O=C(c1ccc(C2Nc3cccc4c(=O)[nH]nc(c34)C2c2ccccc2)cc1)N1CCN(C(=O)C2CC2)CC1. The van der Waals surface area contributed by atoms with Gasteiger partial charge >= 0.3 is 0 Å². The molecule has 2 amide bonds. The third kappa shape index (κ3) is 4.16. The van der Waals surface area contributed by atoms with Crippen LogP contribution >= 0.6 is 0 Å². The third-order valence-corrected chi connectivity index (χ3v) is 8.26. The summed E-state index contributed by atoms with van der Waals surface area (Å²) in [7, 11) is 0. The highest BCUT2D eigenvalue weighted by molar-refractivity contribution is 5.97. The van der Waals surface area contributed by atoms with Crippen LogP contribution in [-0.4, -0.2) is 58.0 Å². The number of aromatic amines is 1. The van der Waals surface area contributed by atoms with Gasteiger partial charge in [-0.1, -0.05) is 48.5 Å². The smallest absolute Gasteiger partial charge is 0.272 e. The first-order valence-electron chi connectivity index (χ1n) is 13.6. The molecule has 8 nitrogen and oxygen atoms in total. The second-order valence-electron chi connectivity index (χ2n) is 10.7. The highest BCUT2D eigenvalue weighted by Crippen LogP contribution is 2.46. The summed E-state index contributed by atoms with van der Waals surface area (Å²) in [6.07, 6.45) is 2.00. The molecule has 39 heavy (non-hydrogen) atoms. The number of hydrogen-bond acceptors (Lipinski definition) is 5. The fourth-order valence-corrected chi connectivity index (χ4v) is 6.02. The largest absolute Gasteiger partial charge is 0.377 e. The van der Waals surface area contributed by atoms with Crippen molar-refractivity contribution in [1.29, 1.82) is 0 Å². The molecule has 3 heterocycles. The van der Waals surface area contributed by atoms with E-state index in [1.54, 1.807) is 0 Å². The summed E-state index contributed by atoms with van der Waals surface area (Å²) in [5.41, 5.74) is 4.24. The highest BCUT2D eigenvalue weighted by atomic mass is 16.2. The van der Waals surface area contributed by atoms with Gasteiger partial charge < -0.3 is 15.1 Å². The molecule has 8 heteroatoms. The number of rotatable bonds is 4. The molecule has 3 aromatic carbocycles. The minimum atomic E-state index is -0.205. The van der Waals surface area contributed by atoms with Crippen LogP contribution in [0.5, 0.6) is 0 Å². The van der Waals surface area contributed by atoms with Crippen molar-refractivity contribution in [2.45, 2.75) is 24.8 Å². The van der Waals surface area contributed by atoms with Crippen LogP contribution < -0.4 is 10.9 Å². The first-order valence-corrected chi connectivity index (χ1v) is 13.6. The van der Waals surface area contributed by atoms with E-state index in [9.17, 15) is 14.4 Å². The van der Waals surface area contributed by atoms with E-state index < -0.39 is 0 Å².